The third-order valence-corrected chi connectivity index (χ3v) is 3.34. The minimum absolute atomic E-state index is 0.482. The standard InChI is InChI=1S/C13H26N4/c1-6-11(4)12(14-5)7-13-15-9-16-17(13)8-10(2)3/h9-12,14H,6-8H2,1-5H3. The van der Waals surface area contributed by atoms with Crippen LogP contribution in [0.2, 0.25) is 0 Å². The second-order valence-electron chi connectivity index (χ2n) is 5.24. The van der Waals surface area contributed by atoms with Crippen LogP contribution in [-0.4, -0.2) is 27.9 Å². The van der Waals surface area contributed by atoms with E-state index in [4.69, 9.17) is 0 Å². The van der Waals surface area contributed by atoms with Gasteiger partial charge < -0.3 is 5.32 Å². The third kappa shape index (κ3) is 4.11. The van der Waals surface area contributed by atoms with Crippen LogP contribution in [0.25, 0.3) is 0 Å². The Labute approximate surface area is 105 Å². The number of hydrogen-bond acceptors (Lipinski definition) is 3. The molecular formula is C13H26N4. The molecule has 4 nitrogen and oxygen atoms in total. The maximum absolute atomic E-state index is 4.39. The van der Waals surface area contributed by atoms with E-state index in [1.165, 1.54) is 6.42 Å². The van der Waals surface area contributed by atoms with E-state index in [0.717, 1.165) is 18.8 Å². The largest absolute Gasteiger partial charge is 0.316 e. The minimum atomic E-state index is 0.482. The molecule has 1 heterocycles. The molecule has 0 aliphatic carbocycles. The molecule has 0 saturated heterocycles. The predicted molar refractivity (Wildman–Crippen MR) is 70.9 cm³/mol. The highest BCUT2D eigenvalue weighted by atomic mass is 15.3. The van der Waals surface area contributed by atoms with Crippen molar-refractivity contribution in [2.24, 2.45) is 11.8 Å². The molecule has 0 aromatic carbocycles. The van der Waals surface area contributed by atoms with E-state index in [9.17, 15) is 0 Å². The Morgan fingerprint density at radius 2 is 2.06 bits per heavy atom. The topological polar surface area (TPSA) is 42.7 Å². The van der Waals surface area contributed by atoms with Gasteiger partial charge >= 0.3 is 0 Å². The second kappa shape index (κ2) is 6.74. The van der Waals surface area contributed by atoms with Gasteiger partial charge in [0.25, 0.3) is 0 Å². The maximum Gasteiger partial charge on any atom is 0.138 e. The number of nitrogens with zero attached hydrogens (tertiary/aromatic N) is 3. The van der Waals surface area contributed by atoms with Crippen LogP contribution in [0.3, 0.4) is 0 Å². The molecule has 2 atom stereocenters. The van der Waals surface area contributed by atoms with Crippen LogP contribution in [0, 0.1) is 11.8 Å². The van der Waals surface area contributed by atoms with E-state index >= 15 is 0 Å². The van der Waals surface area contributed by atoms with Crippen molar-refractivity contribution in [1.29, 1.82) is 0 Å². The molecule has 98 valence electrons. The summed E-state index contributed by atoms with van der Waals surface area (Å²) in [7, 11) is 2.03. The summed E-state index contributed by atoms with van der Waals surface area (Å²) < 4.78 is 2.04. The van der Waals surface area contributed by atoms with Gasteiger partial charge in [-0.3, -0.25) is 0 Å². The van der Waals surface area contributed by atoms with Gasteiger partial charge in [-0.05, 0) is 18.9 Å². The monoisotopic (exact) mass is 238 g/mol. The first kappa shape index (κ1) is 14.2. The second-order valence-corrected chi connectivity index (χ2v) is 5.24. The van der Waals surface area contributed by atoms with Crippen molar-refractivity contribution in [2.75, 3.05) is 7.05 Å². The fourth-order valence-corrected chi connectivity index (χ4v) is 2.01. The van der Waals surface area contributed by atoms with Crippen molar-refractivity contribution in [3.8, 4) is 0 Å². The van der Waals surface area contributed by atoms with E-state index in [1.54, 1.807) is 6.33 Å². The molecule has 1 aromatic heterocycles. The van der Waals surface area contributed by atoms with Crippen LogP contribution in [-0.2, 0) is 13.0 Å². The lowest BCUT2D eigenvalue weighted by Gasteiger charge is -2.22. The highest BCUT2D eigenvalue weighted by Crippen LogP contribution is 2.12. The summed E-state index contributed by atoms with van der Waals surface area (Å²) >= 11 is 0. The Bertz CT molecular complexity index is 319. The maximum atomic E-state index is 4.39. The van der Waals surface area contributed by atoms with Crippen molar-refractivity contribution < 1.29 is 0 Å². The molecule has 0 saturated carbocycles. The Kier molecular flexibility index (Phi) is 5.62. The molecule has 1 aromatic rings. The number of likely N-dealkylation sites (N-methyl/N-ethyl adjacent to an activating group) is 1. The summed E-state index contributed by atoms with van der Waals surface area (Å²) in [5.74, 6) is 2.36. The highest BCUT2D eigenvalue weighted by molar-refractivity contribution is 4.91. The summed E-state index contributed by atoms with van der Waals surface area (Å²) in [6.45, 7) is 9.87. The number of aromatic nitrogens is 3. The predicted octanol–water partition coefficient (Wildman–Crippen LogP) is 2.11. The summed E-state index contributed by atoms with van der Waals surface area (Å²) in [5, 5.41) is 7.70. The zero-order chi connectivity index (χ0) is 12.8. The van der Waals surface area contributed by atoms with Crippen LogP contribution in [0.5, 0.6) is 0 Å². The molecule has 0 amide bonds. The lowest BCUT2D eigenvalue weighted by atomic mass is 9.96. The van der Waals surface area contributed by atoms with Crippen LogP contribution in [0.15, 0.2) is 6.33 Å². The van der Waals surface area contributed by atoms with E-state index in [-0.39, 0.29) is 0 Å². The van der Waals surface area contributed by atoms with E-state index in [1.807, 2.05) is 11.7 Å². The number of nitrogens with one attached hydrogen (secondary N) is 1. The van der Waals surface area contributed by atoms with Crippen molar-refractivity contribution >= 4 is 0 Å². The summed E-state index contributed by atoms with van der Waals surface area (Å²) in [5.41, 5.74) is 0. The zero-order valence-corrected chi connectivity index (χ0v) is 11.8. The SMILES string of the molecule is CCC(C)C(Cc1ncnn1CC(C)C)NC. The van der Waals surface area contributed by atoms with E-state index < -0.39 is 0 Å². The zero-order valence-electron chi connectivity index (χ0n) is 11.8. The summed E-state index contributed by atoms with van der Waals surface area (Å²) in [6.07, 6.45) is 3.81. The fourth-order valence-electron chi connectivity index (χ4n) is 2.01. The molecule has 17 heavy (non-hydrogen) atoms. The first-order valence-electron chi connectivity index (χ1n) is 6.62. The van der Waals surface area contributed by atoms with Gasteiger partial charge in [0.1, 0.15) is 12.2 Å². The summed E-state index contributed by atoms with van der Waals surface area (Å²) in [4.78, 5) is 4.39. The normalized spacial score (nSPS) is 15.2. The first-order chi connectivity index (χ1) is 8.08. The van der Waals surface area contributed by atoms with Gasteiger partial charge in [-0.1, -0.05) is 34.1 Å². The van der Waals surface area contributed by atoms with Gasteiger partial charge in [-0.25, -0.2) is 9.67 Å². The highest BCUT2D eigenvalue weighted by Gasteiger charge is 2.17. The third-order valence-electron chi connectivity index (χ3n) is 3.34. The quantitative estimate of drug-likeness (QED) is 0.791. The molecule has 4 heteroatoms. The lowest BCUT2D eigenvalue weighted by molar-refractivity contribution is 0.368. The molecule has 0 fully saturated rings. The molecule has 1 rings (SSSR count). The lowest BCUT2D eigenvalue weighted by Crippen LogP contribution is -2.35. The van der Waals surface area contributed by atoms with Crippen LogP contribution >= 0.6 is 0 Å². The average molecular weight is 238 g/mol. The van der Waals surface area contributed by atoms with Crippen molar-refractivity contribution in [2.45, 2.75) is 53.1 Å². The van der Waals surface area contributed by atoms with Gasteiger partial charge in [-0.2, -0.15) is 5.10 Å². The molecule has 2 unspecified atom stereocenters. The van der Waals surface area contributed by atoms with Gasteiger partial charge in [0.2, 0.25) is 0 Å². The Balaban J connectivity index is 2.69. The molecule has 1 N–H and O–H groups in total. The van der Waals surface area contributed by atoms with E-state index in [0.29, 0.717) is 17.9 Å². The van der Waals surface area contributed by atoms with Gasteiger partial charge in [0.05, 0.1) is 0 Å². The summed E-state index contributed by atoms with van der Waals surface area (Å²) in [6, 6.07) is 0.482. The molecular weight excluding hydrogens is 212 g/mol. The Morgan fingerprint density at radius 3 is 2.59 bits per heavy atom. The van der Waals surface area contributed by atoms with Crippen molar-refractivity contribution in [3.05, 3.63) is 12.2 Å². The smallest absolute Gasteiger partial charge is 0.138 e. The van der Waals surface area contributed by atoms with Crippen LogP contribution in [0.4, 0.5) is 0 Å². The van der Waals surface area contributed by atoms with Gasteiger partial charge in [0.15, 0.2) is 0 Å². The number of hydrogen-bond donors (Lipinski definition) is 1. The van der Waals surface area contributed by atoms with Crippen LogP contribution in [0.1, 0.15) is 39.9 Å². The Morgan fingerprint density at radius 1 is 1.35 bits per heavy atom. The van der Waals surface area contributed by atoms with Gasteiger partial charge in [-0.15, -0.1) is 0 Å². The van der Waals surface area contributed by atoms with E-state index in [2.05, 4.69) is 43.1 Å². The van der Waals surface area contributed by atoms with Crippen molar-refractivity contribution in [1.82, 2.24) is 20.1 Å². The average Bonchev–Trinajstić information content (AvgIpc) is 2.71. The fraction of sp³-hybridized carbons (Fsp3) is 0.846. The van der Waals surface area contributed by atoms with Crippen molar-refractivity contribution in [3.63, 3.8) is 0 Å². The molecule has 0 bridgehead atoms. The Hall–Kier alpha value is -0.900. The minimum Gasteiger partial charge on any atom is -0.316 e. The number of rotatable bonds is 7. The van der Waals surface area contributed by atoms with Gasteiger partial charge in [0, 0.05) is 19.0 Å². The first-order valence-corrected chi connectivity index (χ1v) is 6.62. The molecule has 0 aliphatic rings. The molecule has 0 spiro atoms. The molecule has 0 radical (unpaired) electrons. The van der Waals surface area contributed by atoms with Crippen LogP contribution < -0.4 is 5.32 Å². The molecule has 0 aliphatic heterocycles.